The Hall–Kier alpha value is -3.31. The third-order valence-corrected chi connectivity index (χ3v) is 8.67. The third kappa shape index (κ3) is 7.02. The van der Waals surface area contributed by atoms with Crippen LogP contribution in [0.15, 0.2) is 71.6 Å². The first kappa shape index (κ1) is 28.7. The molecule has 1 heterocycles. The van der Waals surface area contributed by atoms with Crippen molar-refractivity contribution in [1.82, 2.24) is 9.21 Å². The van der Waals surface area contributed by atoms with Crippen LogP contribution in [-0.4, -0.2) is 70.5 Å². The van der Waals surface area contributed by atoms with Gasteiger partial charge in [0.05, 0.1) is 32.5 Å². The summed E-state index contributed by atoms with van der Waals surface area (Å²) in [5.41, 5.74) is 2.97. The van der Waals surface area contributed by atoms with E-state index in [0.29, 0.717) is 43.1 Å². The van der Waals surface area contributed by atoms with E-state index in [0.717, 1.165) is 11.1 Å². The molecule has 4 rings (SSSR count). The van der Waals surface area contributed by atoms with Gasteiger partial charge in [-0.05, 0) is 60.0 Å². The van der Waals surface area contributed by atoms with Crippen molar-refractivity contribution in [3.05, 3.63) is 94.8 Å². The number of hydrogen-bond acceptors (Lipinski definition) is 7. The minimum atomic E-state index is -3.94. The van der Waals surface area contributed by atoms with Crippen LogP contribution in [0.2, 0.25) is 0 Å². The lowest BCUT2D eigenvalue weighted by molar-refractivity contribution is 0.00760. The predicted molar refractivity (Wildman–Crippen MR) is 145 cm³/mol. The Balaban J connectivity index is 1.44. The molecule has 3 aromatic rings. The van der Waals surface area contributed by atoms with Crippen molar-refractivity contribution in [2.45, 2.75) is 24.5 Å². The third-order valence-electron chi connectivity index (χ3n) is 6.75. The number of methoxy groups -OCH3 is 2. The van der Waals surface area contributed by atoms with Gasteiger partial charge in [0, 0.05) is 32.7 Å². The van der Waals surface area contributed by atoms with E-state index >= 15 is 0 Å². The number of halogens is 1. The molecule has 208 valence electrons. The van der Waals surface area contributed by atoms with Crippen LogP contribution in [0.25, 0.3) is 0 Å². The number of nitrogens with zero attached hydrogens (tertiary/aromatic N) is 2. The van der Waals surface area contributed by atoms with Gasteiger partial charge in [0.1, 0.15) is 16.5 Å². The molecule has 1 aliphatic rings. The fourth-order valence-corrected chi connectivity index (χ4v) is 6.05. The van der Waals surface area contributed by atoms with E-state index in [2.05, 4.69) is 4.90 Å². The average molecular weight is 557 g/mol. The summed E-state index contributed by atoms with van der Waals surface area (Å²) >= 11 is 0. The van der Waals surface area contributed by atoms with E-state index < -0.39 is 21.8 Å². The molecule has 0 aromatic heterocycles. The molecule has 0 amide bonds. The van der Waals surface area contributed by atoms with Crippen LogP contribution in [0.5, 0.6) is 5.75 Å². The first-order chi connectivity index (χ1) is 18.7. The van der Waals surface area contributed by atoms with Crippen LogP contribution in [0.4, 0.5) is 4.39 Å². The first-order valence-corrected chi connectivity index (χ1v) is 14.1. The summed E-state index contributed by atoms with van der Waals surface area (Å²) in [5, 5.41) is 0. The fourth-order valence-electron chi connectivity index (χ4n) is 4.48. The quantitative estimate of drug-likeness (QED) is 0.346. The number of aryl methyl sites for hydroxylation is 1. The second kappa shape index (κ2) is 12.7. The molecule has 1 aliphatic heterocycles. The number of ether oxygens (including phenoxy) is 3. The van der Waals surface area contributed by atoms with Gasteiger partial charge < -0.3 is 14.2 Å². The lowest BCUT2D eigenvalue weighted by Gasteiger charge is -2.36. The van der Waals surface area contributed by atoms with Gasteiger partial charge in [-0.2, -0.15) is 4.31 Å². The minimum Gasteiger partial charge on any atom is -0.497 e. The zero-order chi connectivity index (χ0) is 28.0. The van der Waals surface area contributed by atoms with Crippen LogP contribution in [0.1, 0.15) is 33.2 Å². The normalized spacial score (nSPS) is 15.6. The van der Waals surface area contributed by atoms with Gasteiger partial charge in [-0.1, -0.05) is 30.3 Å². The molecule has 3 aromatic carbocycles. The Morgan fingerprint density at radius 1 is 0.974 bits per heavy atom. The predicted octanol–water partition coefficient (Wildman–Crippen LogP) is 4.19. The highest BCUT2D eigenvalue weighted by Gasteiger charge is 2.31. The van der Waals surface area contributed by atoms with Crippen LogP contribution >= 0.6 is 0 Å². The minimum absolute atomic E-state index is 0.246. The maximum absolute atomic E-state index is 14.4. The molecule has 0 aliphatic carbocycles. The van der Waals surface area contributed by atoms with Gasteiger partial charge in [-0.3, -0.25) is 4.90 Å². The molecule has 0 bridgehead atoms. The van der Waals surface area contributed by atoms with E-state index in [-0.39, 0.29) is 24.1 Å². The van der Waals surface area contributed by atoms with Gasteiger partial charge in [0.25, 0.3) is 0 Å². The largest absolute Gasteiger partial charge is 0.497 e. The lowest BCUT2D eigenvalue weighted by atomic mass is 10.1. The van der Waals surface area contributed by atoms with Crippen molar-refractivity contribution in [3.8, 4) is 5.75 Å². The fraction of sp³-hybridized carbons (Fsp3) is 0.345. The molecule has 0 N–H and O–H groups in total. The summed E-state index contributed by atoms with van der Waals surface area (Å²) in [4.78, 5) is 13.6. The van der Waals surface area contributed by atoms with Crippen LogP contribution in [-0.2, 0) is 26.1 Å². The van der Waals surface area contributed by atoms with E-state index in [1.807, 2.05) is 36.4 Å². The average Bonchev–Trinajstić information content (AvgIpc) is 2.96. The van der Waals surface area contributed by atoms with Crippen molar-refractivity contribution < 1.29 is 31.8 Å². The first-order valence-electron chi connectivity index (χ1n) is 12.6. The standard InChI is InChI=1S/C29H33FN2O6S/c1-21-7-12-26(30)28(17-21)39(34,35)32-15-13-31(14-16-32)19-27(24-5-4-6-25(18-24)36-2)38-20-22-8-10-23(11-9-22)29(33)37-3/h4-12,17-18,27H,13-16,19-20H2,1-3H3. The smallest absolute Gasteiger partial charge is 0.337 e. The highest BCUT2D eigenvalue weighted by Crippen LogP contribution is 2.27. The summed E-state index contributed by atoms with van der Waals surface area (Å²) < 4.78 is 58.4. The number of rotatable bonds is 10. The maximum Gasteiger partial charge on any atom is 0.337 e. The molecule has 0 saturated carbocycles. The number of piperazine rings is 1. The second-order valence-corrected chi connectivity index (χ2v) is 11.3. The summed E-state index contributed by atoms with van der Waals surface area (Å²) in [6, 6.07) is 18.8. The van der Waals surface area contributed by atoms with E-state index in [1.54, 1.807) is 32.2 Å². The SMILES string of the molecule is COC(=O)c1ccc(COC(CN2CCN(S(=O)(=O)c3cc(C)ccc3F)CC2)c2cccc(OC)c2)cc1. The molecular weight excluding hydrogens is 523 g/mol. The Labute approximate surface area is 229 Å². The molecule has 1 unspecified atom stereocenters. The Kier molecular flexibility index (Phi) is 9.34. The van der Waals surface area contributed by atoms with Crippen LogP contribution in [0.3, 0.4) is 0 Å². The van der Waals surface area contributed by atoms with Gasteiger partial charge in [-0.15, -0.1) is 0 Å². The molecule has 8 nitrogen and oxygen atoms in total. The Morgan fingerprint density at radius 3 is 2.36 bits per heavy atom. The van der Waals surface area contributed by atoms with Crippen molar-refractivity contribution in [3.63, 3.8) is 0 Å². The monoisotopic (exact) mass is 556 g/mol. The van der Waals surface area contributed by atoms with E-state index in [9.17, 15) is 17.6 Å². The van der Waals surface area contributed by atoms with Crippen molar-refractivity contribution in [2.75, 3.05) is 46.9 Å². The molecule has 0 spiro atoms. The summed E-state index contributed by atoms with van der Waals surface area (Å²) in [7, 11) is -0.988. The number of hydrogen-bond donors (Lipinski definition) is 0. The maximum atomic E-state index is 14.4. The number of carbonyl (C=O) groups is 1. The molecule has 39 heavy (non-hydrogen) atoms. The number of carbonyl (C=O) groups excluding carboxylic acids is 1. The van der Waals surface area contributed by atoms with Gasteiger partial charge >= 0.3 is 5.97 Å². The highest BCUT2D eigenvalue weighted by molar-refractivity contribution is 7.89. The van der Waals surface area contributed by atoms with Crippen molar-refractivity contribution in [2.24, 2.45) is 0 Å². The number of sulfonamides is 1. The van der Waals surface area contributed by atoms with Crippen LogP contribution < -0.4 is 4.74 Å². The van der Waals surface area contributed by atoms with Gasteiger partial charge in [0.2, 0.25) is 10.0 Å². The molecule has 1 atom stereocenters. The second-order valence-electron chi connectivity index (χ2n) is 9.40. The Bertz CT molecular complexity index is 1390. The van der Waals surface area contributed by atoms with E-state index in [4.69, 9.17) is 14.2 Å². The Morgan fingerprint density at radius 2 is 1.69 bits per heavy atom. The molecule has 10 heteroatoms. The zero-order valence-electron chi connectivity index (χ0n) is 22.3. The lowest BCUT2D eigenvalue weighted by Crippen LogP contribution is -2.49. The van der Waals surface area contributed by atoms with Gasteiger partial charge in [-0.25, -0.2) is 17.6 Å². The molecule has 0 radical (unpaired) electrons. The van der Waals surface area contributed by atoms with Crippen molar-refractivity contribution in [1.29, 1.82) is 0 Å². The number of esters is 1. The summed E-state index contributed by atoms with van der Waals surface area (Å²) in [6.45, 7) is 4.02. The van der Waals surface area contributed by atoms with E-state index in [1.165, 1.54) is 23.5 Å². The topological polar surface area (TPSA) is 85.4 Å². The van der Waals surface area contributed by atoms with Gasteiger partial charge in [0.15, 0.2) is 0 Å². The number of benzene rings is 3. The molecular formula is C29H33FN2O6S. The summed E-state index contributed by atoms with van der Waals surface area (Å²) in [6.07, 6.45) is -0.322. The molecule has 1 fully saturated rings. The van der Waals surface area contributed by atoms with Crippen LogP contribution in [0, 0.1) is 12.7 Å². The molecule has 1 saturated heterocycles. The van der Waals surface area contributed by atoms with Crippen molar-refractivity contribution >= 4 is 16.0 Å². The highest BCUT2D eigenvalue weighted by atomic mass is 32.2. The summed E-state index contributed by atoms with van der Waals surface area (Å²) in [5.74, 6) is -0.434. The zero-order valence-corrected chi connectivity index (χ0v) is 23.1.